The first-order valence-corrected chi connectivity index (χ1v) is 4.47. The van der Waals surface area contributed by atoms with Crippen molar-refractivity contribution >= 4 is 0 Å². The van der Waals surface area contributed by atoms with Crippen LogP contribution in [0.3, 0.4) is 0 Å². The third kappa shape index (κ3) is 1.38. The molecule has 11 heavy (non-hydrogen) atoms. The van der Waals surface area contributed by atoms with Gasteiger partial charge < -0.3 is 5.32 Å². The van der Waals surface area contributed by atoms with E-state index in [4.69, 9.17) is 0 Å². The summed E-state index contributed by atoms with van der Waals surface area (Å²) in [4.78, 5) is 0. The molecule has 1 atom stereocenters. The Bertz CT molecular complexity index is 213. The molecule has 60 valence electrons. The van der Waals surface area contributed by atoms with Crippen LogP contribution in [-0.2, 0) is 0 Å². The number of rotatable bonds is 0. The third-order valence-electron chi connectivity index (χ3n) is 2.58. The number of nitrogens with one attached hydrogen (secondary N) is 1. The fraction of sp³-hybridized carbons (Fsp3) is 0.600. The first kappa shape index (κ1) is 7.11. The van der Waals surface area contributed by atoms with Crippen LogP contribution in [-0.4, -0.2) is 12.6 Å². The smallest absolute Gasteiger partial charge is 0.0173 e. The van der Waals surface area contributed by atoms with Crippen LogP contribution in [0.1, 0.15) is 26.2 Å². The Hall–Kier alpha value is -0.560. The Morgan fingerprint density at radius 2 is 2.45 bits per heavy atom. The summed E-state index contributed by atoms with van der Waals surface area (Å²) < 4.78 is 0. The number of hydrogen-bond acceptors (Lipinski definition) is 1. The first-order chi connectivity index (χ1) is 5.36. The Morgan fingerprint density at radius 1 is 1.55 bits per heavy atom. The van der Waals surface area contributed by atoms with E-state index in [0.717, 1.165) is 6.54 Å². The Balaban J connectivity index is 2.19. The quantitative estimate of drug-likeness (QED) is 0.555. The van der Waals surface area contributed by atoms with Crippen molar-refractivity contribution in [2.24, 2.45) is 0 Å². The van der Waals surface area contributed by atoms with Gasteiger partial charge in [-0.05, 0) is 31.8 Å². The molecule has 0 bridgehead atoms. The first-order valence-electron chi connectivity index (χ1n) is 4.47. The van der Waals surface area contributed by atoms with Crippen LogP contribution >= 0.6 is 0 Å². The Morgan fingerprint density at radius 3 is 3.36 bits per heavy atom. The van der Waals surface area contributed by atoms with Crippen molar-refractivity contribution in [1.82, 2.24) is 5.32 Å². The van der Waals surface area contributed by atoms with E-state index in [1.54, 1.807) is 11.1 Å². The lowest BCUT2D eigenvalue weighted by atomic mass is 9.90. The maximum atomic E-state index is 3.49. The number of allylic oxidation sites excluding steroid dienone is 2. The summed E-state index contributed by atoms with van der Waals surface area (Å²) in [5.74, 6) is 0. The highest BCUT2D eigenvalue weighted by molar-refractivity contribution is 5.32. The Kier molecular flexibility index (Phi) is 1.82. The summed E-state index contributed by atoms with van der Waals surface area (Å²) in [5.41, 5.74) is 3.24. The van der Waals surface area contributed by atoms with Gasteiger partial charge in [0.05, 0.1) is 0 Å². The topological polar surface area (TPSA) is 12.0 Å². The molecule has 1 aliphatic heterocycles. The van der Waals surface area contributed by atoms with Gasteiger partial charge in [-0.3, -0.25) is 0 Å². The summed E-state index contributed by atoms with van der Waals surface area (Å²) in [7, 11) is 0. The van der Waals surface area contributed by atoms with Crippen LogP contribution in [0, 0.1) is 0 Å². The van der Waals surface area contributed by atoms with E-state index in [-0.39, 0.29) is 0 Å². The highest BCUT2D eigenvalue weighted by Gasteiger charge is 2.16. The normalized spacial score (nSPS) is 30.5. The molecule has 0 aromatic rings. The second-order valence-electron chi connectivity index (χ2n) is 3.56. The lowest BCUT2D eigenvalue weighted by molar-refractivity contribution is 0.531. The van der Waals surface area contributed by atoms with E-state index in [9.17, 15) is 0 Å². The van der Waals surface area contributed by atoms with Crippen LogP contribution in [0.25, 0.3) is 0 Å². The lowest BCUT2D eigenvalue weighted by Gasteiger charge is -2.26. The second-order valence-corrected chi connectivity index (χ2v) is 3.56. The van der Waals surface area contributed by atoms with Gasteiger partial charge in [0, 0.05) is 12.6 Å². The highest BCUT2D eigenvalue weighted by atomic mass is 14.9. The molecule has 2 aliphatic rings. The fourth-order valence-corrected chi connectivity index (χ4v) is 1.88. The Labute approximate surface area is 68.2 Å². The summed E-state index contributed by atoms with van der Waals surface area (Å²) in [5, 5.41) is 3.49. The van der Waals surface area contributed by atoms with Gasteiger partial charge in [0.25, 0.3) is 0 Å². The number of hydrogen-bond donors (Lipinski definition) is 1. The molecule has 0 aromatic heterocycles. The van der Waals surface area contributed by atoms with Crippen molar-refractivity contribution in [3.05, 3.63) is 23.3 Å². The zero-order chi connectivity index (χ0) is 7.68. The van der Waals surface area contributed by atoms with Gasteiger partial charge in [0.2, 0.25) is 0 Å². The molecule has 0 spiro atoms. The van der Waals surface area contributed by atoms with E-state index in [1.165, 1.54) is 19.3 Å². The summed E-state index contributed by atoms with van der Waals surface area (Å²) >= 11 is 0. The van der Waals surface area contributed by atoms with Gasteiger partial charge in [-0.25, -0.2) is 0 Å². The van der Waals surface area contributed by atoms with E-state index < -0.39 is 0 Å². The highest BCUT2D eigenvalue weighted by Crippen LogP contribution is 2.25. The van der Waals surface area contributed by atoms with Crippen LogP contribution in [0.15, 0.2) is 23.3 Å². The van der Waals surface area contributed by atoms with Gasteiger partial charge in [-0.15, -0.1) is 0 Å². The molecule has 0 aromatic carbocycles. The predicted octanol–water partition coefficient (Wildman–Crippen LogP) is 2.01. The zero-order valence-corrected chi connectivity index (χ0v) is 7.06. The minimum atomic E-state index is 0.677. The summed E-state index contributed by atoms with van der Waals surface area (Å²) in [6.07, 6.45) is 8.37. The van der Waals surface area contributed by atoms with Gasteiger partial charge in [-0.1, -0.05) is 17.7 Å². The van der Waals surface area contributed by atoms with Crippen molar-refractivity contribution in [2.75, 3.05) is 6.54 Å². The van der Waals surface area contributed by atoms with Crippen molar-refractivity contribution in [2.45, 2.75) is 32.2 Å². The SMILES string of the molecule is CC1CC2=C(CCC=C2)CN1. The van der Waals surface area contributed by atoms with Gasteiger partial charge in [0.15, 0.2) is 0 Å². The monoisotopic (exact) mass is 149 g/mol. The van der Waals surface area contributed by atoms with E-state index in [0.29, 0.717) is 6.04 Å². The van der Waals surface area contributed by atoms with Crippen LogP contribution in [0.4, 0.5) is 0 Å². The molecule has 0 amide bonds. The minimum absolute atomic E-state index is 0.677. The van der Waals surface area contributed by atoms with Crippen molar-refractivity contribution in [1.29, 1.82) is 0 Å². The third-order valence-corrected chi connectivity index (χ3v) is 2.58. The molecule has 1 unspecified atom stereocenters. The van der Waals surface area contributed by atoms with Crippen LogP contribution in [0.5, 0.6) is 0 Å². The van der Waals surface area contributed by atoms with Gasteiger partial charge >= 0.3 is 0 Å². The average Bonchev–Trinajstić information content (AvgIpc) is 2.04. The molecule has 1 aliphatic carbocycles. The van der Waals surface area contributed by atoms with Gasteiger partial charge in [-0.2, -0.15) is 0 Å². The zero-order valence-electron chi connectivity index (χ0n) is 7.06. The molecule has 0 fully saturated rings. The molecule has 2 rings (SSSR count). The van der Waals surface area contributed by atoms with Crippen LogP contribution in [0.2, 0.25) is 0 Å². The fourth-order valence-electron chi connectivity index (χ4n) is 1.88. The molecule has 1 nitrogen and oxygen atoms in total. The molecule has 1 N–H and O–H groups in total. The maximum Gasteiger partial charge on any atom is 0.0173 e. The van der Waals surface area contributed by atoms with E-state index >= 15 is 0 Å². The predicted molar refractivity (Wildman–Crippen MR) is 47.5 cm³/mol. The molecule has 0 saturated heterocycles. The second kappa shape index (κ2) is 2.82. The average molecular weight is 149 g/mol. The lowest BCUT2D eigenvalue weighted by Crippen LogP contribution is -2.33. The van der Waals surface area contributed by atoms with E-state index in [1.807, 2.05) is 0 Å². The van der Waals surface area contributed by atoms with Crippen LogP contribution < -0.4 is 5.32 Å². The van der Waals surface area contributed by atoms with E-state index in [2.05, 4.69) is 24.4 Å². The van der Waals surface area contributed by atoms with Crippen molar-refractivity contribution in [3.8, 4) is 0 Å². The molecular weight excluding hydrogens is 134 g/mol. The largest absolute Gasteiger partial charge is 0.310 e. The van der Waals surface area contributed by atoms with Crippen molar-refractivity contribution in [3.63, 3.8) is 0 Å². The molecule has 1 heterocycles. The standard InChI is InChI=1S/C10H15N/c1-8-6-9-4-2-3-5-10(9)7-11-8/h2,4,8,11H,3,5-7H2,1H3. The van der Waals surface area contributed by atoms with Gasteiger partial charge in [0.1, 0.15) is 0 Å². The maximum absolute atomic E-state index is 3.49. The molecule has 0 radical (unpaired) electrons. The summed E-state index contributed by atoms with van der Waals surface area (Å²) in [6.45, 7) is 3.38. The molecule has 1 heteroatoms. The molecular formula is C10H15N. The minimum Gasteiger partial charge on any atom is -0.310 e. The van der Waals surface area contributed by atoms with Crippen molar-refractivity contribution < 1.29 is 0 Å². The molecule has 0 saturated carbocycles. The summed E-state index contributed by atoms with van der Waals surface area (Å²) in [6, 6.07) is 0.677.